The summed E-state index contributed by atoms with van der Waals surface area (Å²) in [5, 5.41) is 15.7. The van der Waals surface area contributed by atoms with Gasteiger partial charge in [-0.15, -0.1) is 0 Å². The predicted octanol–water partition coefficient (Wildman–Crippen LogP) is 3.49. The number of nitrogens with zero attached hydrogens (tertiary/aromatic N) is 1. The summed E-state index contributed by atoms with van der Waals surface area (Å²) in [6.07, 6.45) is 8.23. The molecule has 1 aliphatic rings. The molecule has 0 spiro atoms. The summed E-state index contributed by atoms with van der Waals surface area (Å²) in [6, 6.07) is 5.46. The lowest BCUT2D eigenvalue weighted by molar-refractivity contribution is 0.318. The molecule has 0 aliphatic heterocycles. The van der Waals surface area contributed by atoms with Crippen LogP contribution in [0.2, 0.25) is 5.02 Å². The average molecular weight is 310 g/mol. The van der Waals surface area contributed by atoms with Gasteiger partial charge in [0.1, 0.15) is 0 Å². The third-order valence-corrected chi connectivity index (χ3v) is 4.56. The molecule has 1 fully saturated rings. The van der Waals surface area contributed by atoms with Crippen LogP contribution in [0.1, 0.15) is 49.7 Å². The van der Waals surface area contributed by atoms with Gasteiger partial charge in [-0.2, -0.15) is 0 Å². The molecule has 0 saturated heterocycles. The van der Waals surface area contributed by atoms with Crippen molar-refractivity contribution in [2.75, 3.05) is 6.54 Å². The van der Waals surface area contributed by atoms with Gasteiger partial charge < -0.3 is 16.3 Å². The second-order valence-corrected chi connectivity index (χ2v) is 6.17. The number of hydrogen-bond donors (Lipinski definition) is 3. The van der Waals surface area contributed by atoms with E-state index in [1.165, 1.54) is 38.5 Å². The summed E-state index contributed by atoms with van der Waals surface area (Å²) in [5.74, 6) is 1.03. The lowest BCUT2D eigenvalue weighted by Crippen LogP contribution is -2.17. The Kier molecular flexibility index (Phi) is 6.33. The van der Waals surface area contributed by atoms with Crippen molar-refractivity contribution in [1.82, 2.24) is 5.32 Å². The third kappa shape index (κ3) is 4.90. The Morgan fingerprint density at radius 3 is 2.81 bits per heavy atom. The largest absolute Gasteiger partial charge is 0.409 e. The van der Waals surface area contributed by atoms with E-state index in [1.807, 2.05) is 12.1 Å². The molecule has 1 saturated carbocycles. The lowest BCUT2D eigenvalue weighted by Gasteiger charge is -2.10. The highest BCUT2D eigenvalue weighted by Gasteiger charge is 2.13. The van der Waals surface area contributed by atoms with Crippen molar-refractivity contribution < 1.29 is 5.21 Å². The highest BCUT2D eigenvalue weighted by atomic mass is 35.5. The molecule has 0 atom stereocenters. The maximum absolute atomic E-state index is 8.65. The van der Waals surface area contributed by atoms with E-state index < -0.39 is 0 Å². The van der Waals surface area contributed by atoms with Crippen molar-refractivity contribution in [3.05, 3.63) is 34.3 Å². The molecule has 0 aromatic heterocycles. The first kappa shape index (κ1) is 16.1. The van der Waals surface area contributed by atoms with Crippen molar-refractivity contribution in [2.24, 2.45) is 16.8 Å². The van der Waals surface area contributed by atoms with Crippen molar-refractivity contribution >= 4 is 17.4 Å². The highest BCUT2D eigenvalue weighted by molar-refractivity contribution is 6.31. The van der Waals surface area contributed by atoms with Crippen LogP contribution >= 0.6 is 11.6 Å². The van der Waals surface area contributed by atoms with E-state index in [0.29, 0.717) is 10.6 Å². The van der Waals surface area contributed by atoms with E-state index >= 15 is 0 Å². The van der Waals surface area contributed by atoms with Gasteiger partial charge in [-0.25, -0.2) is 0 Å². The van der Waals surface area contributed by atoms with Crippen LogP contribution in [0.25, 0.3) is 0 Å². The van der Waals surface area contributed by atoms with Crippen molar-refractivity contribution in [3.63, 3.8) is 0 Å². The van der Waals surface area contributed by atoms with Crippen LogP contribution in [0, 0.1) is 5.92 Å². The molecule has 116 valence electrons. The summed E-state index contributed by atoms with van der Waals surface area (Å²) in [7, 11) is 0. The lowest BCUT2D eigenvalue weighted by atomic mass is 10.0. The van der Waals surface area contributed by atoms with E-state index in [-0.39, 0.29) is 5.84 Å². The molecule has 0 unspecified atom stereocenters. The molecule has 0 amide bonds. The minimum Gasteiger partial charge on any atom is -0.409 e. The molecule has 0 radical (unpaired) electrons. The molecule has 1 aromatic rings. The van der Waals surface area contributed by atoms with Crippen LogP contribution < -0.4 is 11.1 Å². The first-order valence-electron chi connectivity index (χ1n) is 7.67. The van der Waals surface area contributed by atoms with Gasteiger partial charge >= 0.3 is 0 Å². The summed E-state index contributed by atoms with van der Waals surface area (Å²) >= 11 is 6.21. The van der Waals surface area contributed by atoms with E-state index in [2.05, 4.69) is 10.5 Å². The molecule has 2 rings (SSSR count). The molecule has 5 heteroatoms. The number of oxime groups is 1. The minimum atomic E-state index is 0.0768. The highest BCUT2D eigenvalue weighted by Crippen LogP contribution is 2.28. The SMILES string of the molecule is N/C(=N/O)c1ccc(CNCCCC2CCCC2)c(Cl)c1. The molecule has 1 aliphatic carbocycles. The number of nitrogens with one attached hydrogen (secondary N) is 1. The standard InChI is InChI=1S/C16H24ClN3O/c17-15-10-13(16(18)20-21)7-8-14(15)11-19-9-3-6-12-4-1-2-5-12/h7-8,10,12,19,21H,1-6,9,11H2,(H2,18,20). The molecular weight excluding hydrogens is 286 g/mol. The van der Waals surface area contributed by atoms with E-state index in [9.17, 15) is 0 Å². The van der Waals surface area contributed by atoms with Crippen LogP contribution in [-0.2, 0) is 6.54 Å². The number of hydrogen-bond acceptors (Lipinski definition) is 3. The smallest absolute Gasteiger partial charge is 0.170 e. The van der Waals surface area contributed by atoms with Crippen LogP contribution in [0.5, 0.6) is 0 Å². The number of benzene rings is 1. The maximum atomic E-state index is 8.65. The Morgan fingerprint density at radius 1 is 1.38 bits per heavy atom. The van der Waals surface area contributed by atoms with E-state index in [0.717, 1.165) is 24.6 Å². The zero-order valence-corrected chi connectivity index (χ0v) is 13.1. The Morgan fingerprint density at radius 2 is 2.14 bits per heavy atom. The van der Waals surface area contributed by atoms with Gasteiger partial charge in [0.15, 0.2) is 5.84 Å². The van der Waals surface area contributed by atoms with Gasteiger partial charge in [0, 0.05) is 17.1 Å². The van der Waals surface area contributed by atoms with Gasteiger partial charge in [0.25, 0.3) is 0 Å². The monoisotopic (exact) mass is 309 g/mol. The number of rotatable bonds is 7. The third-order valence-electron chi connectivity index (χ3n) is 4.21. The second-order valence-electron chi connectivity index (χ2n) is 5.76. The first-order valence-corrected chi connectivity index (χ1v) is 8.05. The van der Waals surface area contributed by atoms with E-state index in [1.54, 1.807) is 6.07 Å². The van der Waals surface area contributed by atoms with Gasteiger partial charge in [0.05, 0.1) is 0 Å². The number of nitrogens with two attached hydrogens (primary N) is 1. The van der Waals surface area contributed by atoms with Crippen LogP contribution in [-0.4, -0.2) is 17.6 Å². The van der Waals surface area contributed by atoms with Crippen LogP contribution in [0.4, 0.5) is 0 Å². The zero-order valence-electron chi connectivity index (χ0n) is 12.3. The fourth-order valence-corrected chi connectivity index (χ4v) is 3.19. The topological polar surface area (TPSA) is 70.6 Å². The summed E-state index contributed by atoms with van der Waals surface area (Å²) in [6.45, 7) is 1.77. The molecule has 0 heterocycles. The molecule has 4 nitrogen and oxygen atoms in total. The number of halogens is 1. The second kappa shape index (κ2) is 8.25. The Balaban J connectivity index is 1.72. The molecule has 4 N–H and O–H groups in total. The van der Waals surface area contributed by atoms with Crippen LogP contribution in [0.3, 0.4) is 0 Å². The first-order chi connectivity index (χ1) is 10.2. The quantitative estimate of drug-likeness (QED) is 0.237. The normalized spacial score (nSPS) is 16.5. The van der Waals surface area contributed by atoms with Gasteiger partial charge in [-0.05, 0) is 36.9 Å². The Bertz CT molecular complexity index is 484. The Labute approximate surface area is 131 Å². The zero-order chi connectivity index (χ0) is 15.1. The van der Waals surface area contributed by atoms with Crippen molar-refractivity contribution in [2.45, 2.75) is 45.1 Å². The van der Waals surface area contributed by atoms with Crippen molar-refractivity contribution in [3.8, 4) is 0 Å². The number of amidine groups is 1. The van der Waals surface area contributed by atoms with Gasteiger partial charge in [0.2, 0.25) is 0 Å². The molecule has 0 bridgehead atoms. The fraction of sp³-hybridized carbons (Fsp3) is 0.562. The summed E-state index contributed by atoms with van der Waals surface area (Å²) in [5.41, 5.74) is 7.20. The molecular formula is C16H24ClN3O. The summed E-state index contributed by atoms with van der Waals surface area (Å²) < 4.78 is 0. The minimum absolute atomic E-state index is 0.0768. The predicted molar refractivity (Wildman–Crippen MR) is 86.9 cm³/mol. The van der Waals surface area contributed by atoms with E-state index in [4.69, 9.17) is 22.5 Å². The van der Waals surface area contributed by atoms with Crippen LogP contribution in [0.15, 0.2) is 23.4 Å². The Hall–Kier alpha value is -1.26. The van der Waals surface area contributed by atoms with Gasteiger partial charge in [-0.3, -0.25) is 0 Å². The molecule has 1 aromatic carbocycles. The fourth-order valence-electron chi connectivity index (χ4n) is 2.95. The summed E-state index contributed by atoms with van der Waals surface area (Å²) in [4.78, 5) is 0. The van der Waals surface area contributed by atoms with Gasteiger partial charge in [-0.1, -0.05) is 54.6 Å². The van der Waals surface area contributed by atoms with Crippen molar-refractivity contribution in [1.29, 1.82) is 0 Å². The average Bonchev–Trinajstić information content (AvgIpc) is 3.00. The molecule has 21 heavy (non-hydrogen) atoms. The maximum Gasteiger partial charge on any atom is 0.170 e.